The molecular formula is C24H29N3O4S. The first-order valence-corrected chi connectivity index (χ1v) is 11.9. The van der Waals surface area contributed by atoms with E-state index in [-0.39, 0.29) is 17.2 Å². The van der Waals surface area contributed by atoms with Crippen LogP contribution in [0.5, 0.6) is 11.5 Å². The number of fused-ring (bicyclic) bond motifs is 1. The smallest absolute Gasteiger partial charge is 0.262 e. The van der Waals surface area contributed by atoms with Gasteiger partial charge in [-0.2, -0.15) is 0 Å². The van der Waals surface area contributed by atoms with Gasteiger partial charge in [0, 0.05) is 18.3 Å². The van der Waals surface area contributed by atoms with Crippen LogP contribution in [0, 0.1) is 0 Å². The zero-order valence-corrected chi connectivity index (χ0v) is 19.5. The van der Waals surface area contributed by atoms with Crippen molar-refractivity contribution in [1.29, 1.82) is 0 Å². The average molecular weight is 456 g/mol. The van der Waals surface area contributed by atoms with E-state index in [9.17, 15) is 9.59 Å². The van der Waals surface area contributed by atoms with Crippen LogP contribution in [0.2, 0.25) is 0 Å². The van der Waals surface area contributed by atoms with Gasteiger partial charge in [0.15, 0.2) is 16.7 Å². The van der Waals surface area contributed by atoms with Gasteiger partial charge in [0.1, 0.15) is 0 Å². The summed E-state index contributed by atoms with van der Waals surface area (Å²) in [5.74, 6) is 1.17. The van der Waals surface area contributed by atoms with Gasteiger partial charge in [-0.3, -0.25) is 14.2 Å². The van der Waals surface area contributed by atoms with Gasteiger partial charge >= 0.3 is 0 Å². The summed E-state index contributed by atoms with van der Waals surface area (Å²) in [4.78, 5) is 30.2. The van der Waals surface area contributed by atoms with Gasteiger partial charge in [0.2, 0.25) is 5.91 Å². The molecule has 0 unspecified atom stereocenters. The second-order valence-electron chi connectivity index (χ2n) is 7.09. The lowest BCUT2D eigenvalue weighted by atomic mass is 10.2. The van der Waals surface area contributed by atoms with Crippen LogP contribution in [0.25, 0.3) is 10.9 Å². The molecule has 0 aliphatic rings. The largest absolute Gasteiger partial charge is 0.490 e. The number of carbonyl (C=O) groups excluding carboxylic acids is 1. The van der Waals surface area contributed by atoms with E-state index >= 15 is 0 Å². The first kappa shape index (κ1) is 23.7. The SMILES string of the molecule is CCCCn1c(SCC(=O)Nc2ccc(OCC)c(OCC)c2)nc2ccccc2c1=O. The molecule has 0 spiro atoms. The quantitative estimate of drug-likeness (QED) is 0.333. The molecule has 8 heteroatoms. The molecule has 0 aliphatic heterocycles. The Balaban J connectivity index is 1.75. The number of unbranched alkanes of at least 4 members (excludes halogenated alkanes) is 1. The monoisotopic (exact) mass is 455 g/mol. The highest BCUT2D eigenvalue weighted by molar-refractivity contribution is 7.99. The van der Waals surface area contributed by atoms with Crippen molar-refractivity contribution in [3.63, 3.8) is 0 Å². The molecule has 0 aliphatic carbocycles. The van der Waals surface area contributed by atoms with Gasteiger partial charge in [-0.15, -0.1) is 0 Å². The molecular weight excluding hydrogens is 426 g/mol. The van der Waals surface area contributed by atoms with Crippen LogP contribution in [-0.2, 0) is 11.3 Å². The molecule has 7 nitrogen and oxygen atoms in total. The van der Waals surface area contributed by atoms with E-state index in [1.165, 1.54) is 11.8 Å². The fourth-order valence-corrected chi connectivity index (χ4v) is 4.05. The number of benzene rings is 2. The molecule has 0 radical (unpaired) electrons. The summed E-state index contributed by atoms with van der Waals surface area (Å²) in [7, 11) is 0. The van der Waals surface area contributed by atoms with Crippen molar-refractivity contribution in [2.24, 2.45) is 0 Å². The number of aromatic nitrogens is 2. The Bertz CT molecular complexity index is 1130. The molecule has 2 aromatic carbocycles. The number of thioether (sulfide) groups is 1. The number of para-hydroxylation sites is 1. The summed E-state index contributed by atoms with van der Waals surface area (Å²) in [5.41, 5.74) is 1.19. The maximum absolute atomic E-state index is 13.0. The molecule has 1 heterocycles. The number of hydrogen-bond acceptors (Lipinski definition) is 6. The Kier molecular flexibility index (Phi) is 8.56. The van der Waals surface area contributed by atoms with Gasteiger partial charge in [0.25, 0.3) is 5.56 Å². The lowest BCUT2D eigenvalue weighted by Crippen LogP contribution is -2.24. The fourth-order valence-electron chi connectivity index (χ4n) is 3.23. The molecule has 1 aromatic heterocycles. The van der Waals surface area contributed by atoms with E-state index in [1.54, 1.807) is 28.8 Å². The van der Waals surface area contributed by atoms with Gasteiger partial charge in [-0.05, 0) is 44.5 Å². The van der Waals surface area contributed by atoms with Gasteiger partial charge < -0.3 is 14.8 Å². The predicted molar refractivity (Wildman–Crippen MR) is 129 cm³/mol. The maximum atomic E-state index is 13.0. The van der Waals surface area contributed by atoms with E-state index in [0.29, 0.717) is 53.0 Å². The van der Waals surface area contributed by atoms with Crippen molar-refractivity contribution in [3.8, 4) is 11.5 Å². The molecule has 0 saturated heterocycles. The Morgan fingerprint density at radius 2 is 1.81 bits per heavy atom. The van der Waals surface area contributed by atoms with Crippen LogP contribution in [0.1, 0.15) is 33.6 Å². The second-order valence-corrected chi connectivity index (χ2v) is 8.03. The van der Waals surface area contributed by atoms with Crippen molar-refractivity contribution >= 4 is 34.3 Å². The number of anilines is 1. The van der Waals surface area contributed by atoms with E-state index in [0.717, 1.165) is 12.8 Å². The van der Waals surface area contributed by atoms with Crippen molar-refractivity contribution in [2.75, 3.05) is 24.3 Å². The molecule has 0 fully saturated rings. The van der Waals surface area contributed by atoms with Crippen LogP contribution >= 0.6 is 11.8 Å². The van der Waals surface area contributed by atoms with Crippen LogP contribution in [0.3, 0.4) is 0 Å². The predicted octanol–water partition coefficient (Wildman–Crippen LogP) is 4.72. The molecule has 0 bridgehead atoms. The molecule has 1 N–H and O–H groups in total. The zero-order chi connectivity index (χ0) is 22.9. The van der Waals surface area contributed by atoms with Crippen LogP contribution in [-0.4, -0.2) is 34.4 Å². The zero-order valence-electron chi connectivity index (χ0n) is 18.7. The van der Waals surface area contributed by atoms with Gasteiger partial charge in [0.05, 0.1) is 29.9 Å². The van der Waals surface area contributed by atoms with Crippen LogP contribution in [0.4, 0.5) is 5.69 Å². The van der Waals surface area contributed by atoms with E-state index in [1.807, 2.05) is 32.0 Å². The third-order valence-corrected chi connectivity index (χ3v) is 5.70. The highest BCUT2D eigenvalue weighted by Crippen LogP contribution is 2.30. The van der Waals surface area contributed by atoms with Crippen molar-refractivity contribution in [1.82, 2.24) is 9.55 Å². The molecule has 170 valence electrons. The van der Waals surface area contributed by atoms with E-state index in [4.69, 9.17) is 9.47 Å². The van der Waals surface area contributed by atoms with Crippen molar-refractivity contribution in [3.05, 3.63) is 52.8 Å². The molecule has 3 aromatic rings. The molecule has 3 rings (SSSR count). The molecule has 0 saturated carbocycles. The summed E-state index contributed by atoms with van der Waals surface area (Å²) < 4.78 is 12.9. The van der Waals surface area contributed by atoms with Gasteiger partial charge in [-0.25, -0.2) is 4.98 Å². The lowest BCUT2D eigenvalue weighted by molar-refractivity contribution is -0.113. The summed E-state index contributed by atoms with van der Waals surface area (Å²) in [6, 6.07) is 12.6. The van der Waals surface area contributed by atoms with Gasteiger partial charge in [-0.1, -0.05) is 37.2 Å². The summed E-state index contributed by atoms with van der Waals surface area (Å²) in [5, 5.41) is 4.03. The average Bonchev–Trinajstić information content (AvgIpc) is 2.79. The molecule has 32 heavy (non-hydrogen) atoms. The number of amides is 1. The molecule has 1 amide bonds. The lowest BCUT2D eigenvalue weighted by Gasteiger charge is -2.14. The van der Waals surface area contributed by atoms with Crippen LogP contribution < -0.4 is 20.3 Å². The van der Waals surface area contributed by atoms with Crippen molar-refractivity contribution < 1.29 is 14.3 Å². The minimum atomic E-state index is -0.189. The Morgan fingerprint density at radius 3 is 2.56 bits per heavy atom. The number of rotatable bonds is 11. The Morgan fingerprint density at radius 1 is 1.06 bits per heavy atom. The van der Waals surface area contributed by atoms with Crippen molar-refractivity contribution in [2.45, 2.75) is 45.3 Å². The summed E-state index contributed by atoms with van der Waals surface area (Å²) in [6.07, 6.45) is 1.83. The summed E-state index contributed by atoms with van der Waals surface area (Å²) >= 11 is 1.26. The summed E-state index contributed by atoms with van der Waals surface area (Å²) in [6.45, 7) is 7.48. The Hall–Kier alpha value is -3.00. The first-order valence-electron chi connectivity index (χ1n) is 10.9. The minimum absolute atomic E-state index is 0.0696. The third kappa shape index (κ3) is 5.82. The van der Waals surface area contributed by atoms with E-state index < -0.39 is 0 Å². The Labute approximate surface area is 192 Å². The third-order valence-electron chi connectivity index (χ3n) is 4.72. The van der Waals surface area contributed by atoms with Crippen LogP contribution in [0.15, 0.2) is 52.4 Å². The number of carbonyl (C=O) groups is 1. The first-order chi connectivity index (χ1) is 15.6. The highest BCUT2D eigenvalue weighted by atomic mass is 32.2. The molecule has 0 atom stereocenters. The number of hydrogen-bond donors (Lipinski definition) is 1. The minimum Gasteiger partial charge on any atom is -0.490 e. The fraction of sp³-hybridized carbons (Fsp3) is 0.375. The normalized spacial score (nSPS) is 10.8. The number of ether oxygens (including phenoxy) is 2. The standard InChI is InChI=1S/C24H29N3O4S/c1-4-7-14-27-23(29)18-10-8-9-11-19(18)26-24(27)32-16-22(28)25-17-12-13-20(30-5-2)21(15-17)31-6-3/h8-13,15H,4-7,14,16H2,1-3H3,(H,25,28). The number of nitrogens with one attached hydrogen (secondary N) is 1. The van der Waals surface area contributed by atoms with E-state index in [2.05, 4.69) is 17.2 Å². The second kappa shape index (κ2) is 11.6. The highest BCUT2D eigenvalue weighted by Gasteiger charge is 2.14. The topological polar surface area (TPSA) is 82.5 Å². The maximum Gasteiger partial charge on any atom is 0.262 e. The number of nitrogens with zero attached hydrogens (tertiary/aromatic N) is 2.